The highest BCUT2D eigenvalue weighted by atomic mass is 127. The summed E-state index contributed by atoms with van der Waals surface area (Å²) in [6.07, 6.45) is 1.44. The van der Waals surface area contributed by atoms with E-state index in [2.05, 4.69) is 5.32 Å². The number of aliphatic hydroxyl groups excluding tert-OH is 1. The van der Waals surface area contributed by atoms with Gasteiger partial charge in [0.1, 0.15) is 0 Å². The molecule has 0 aromatic heterocycles. The average Bonchev–Trinajstić information content (AvgIpc) is 2.39. The first kappa shape index (κ1) is 14.5. The minimum atomic E-state index is -0.401. The number of nitro groups is 1. The molecule has 6 nitrogen and oxygen atoms in total. The molecule has 1 saturated heterocycles. The molecule has 0 aliphatic carbocycles. The Bertz CT molecular complexity index is 475. The van der Waals surface area contributed by atoms with Gasteiger partial charge in [-0.1, -0.05) is 0 Å². The Kier molecular flexibility index (Phi) is 4.58. The third-order valence-electron chi connectivity index (χ3n) is 3.31. The molecule has 1 heterocycles. The smallest absolute Gasteiger partial charge is 0.282 e. The van der Waals surface area contributed by atoms with E-state index in [-0.39, 0.29) is 12.3 Å². The van der Waals surface area contributed by atoms with Gasteiger partial charge in [0.25, 0.3) is 5.69 Å². The number of nitro benzene ring substituents is 1. The number of hydrogen-bond acceptors (Lipinski definition) is 5. The predicted molar refractivity (Wildman–Crippen MR) is 79.3 cm³/mol. The average molecular weight is 378 g/mol. The molecule has 1 aliphatic heterocycles. The lowest BCUT2D eigenvalue weighted by molar-refractivity contribution is -0.385. The summed E-state index contributed by atoms with van der Waals surface area (Å²) in [4.78, 5) is 10.4. The summed E-state index contributed by atoms with van der Waals surface area (Å²) in [6, 6.07) is 4.88. The quantitative estimate of drug-likeness (QED) is 0.477. The van der Waals surface area contributed by atoms with Gasteiger partial charge in [-0.2, -0.15) is 0 Å². The molecule has 19 heavy (non-hydrogen) atoms. The van der Waals surface area contributed by atoms with Crippen LogP contribution in [0, 0.1) is 13.7 Å². The number of nitrogens with zero attached hydrogens (tertiary/aromatic N) is 1. The fourth-order valence-corrected chi connectivity index (χ4v) is 2.84. The van der Waals surface area contributed by atoms with E-state index in [0.29, 0.717) is 16.8 Å². The second kappa shape index (κ2) is 6.02. The van der Waals surface area contributed by atoms with Crippen LogP contribution in [0.15, 0.2) is 18.2 Å². The van der Waals surface area contributed by atoms with Gasteiger partial charge in [-0.15, -0.1) is 0 Å². The van der Waals surface area contributed by atoms with Gasteiger partial charge in [-0.25, -0.2) is 0 Å². The maximum atomic E-state index is 10.8. The minimum absolute atomic E-state index is 0.0178. The van der Waals surface area contributed by atoms with Gasteiger partial charge >= 0.3 is 0 Å². The summed E-state index contributed by atoms with van der Waals surface area (Å²) in [6.45, 7) is 1.24. The number of hydrogen-bond donors (Lipinski definition) is 2. The molecule has 0 unspecified atom stereocenters. The maximum Gasteiger partial charge on any atom is 0.282 e. The lowest BCUT2D eigenvalue weighted by Gasteiger charge is -2.37. The van der Waals surface area contributed by atoms with Crippen molar-refractivity contribution in [3.05, 3.63) is 31.9 Å². The molecule has 0 spiro atoms. The van der Waals surface area contributed by atoms with E-state index in [1.165, 1.54) is 6.07 Å². The first-order chi connectivity index (χ1) is 9.06. The van der Waals surface area contributed by atoms with Crippen LogP contribution in [0.3, 0.4) is 0 Å². The van der Waals surface area contributed by atoms with Crippen molar-refractivity contribution in [3.8, 4) is 0 Å². The van der Waals surface area contributed by atoms with Gasteiger partial charge in [-0.3, -0.25) is 10.1 Å². The molecule has 7 heteroatoms. The highest BCUT2D eigenvalue weighted by Gasteiger charge is 2.32. The Morgan fingerprint density at radius 1 is 1.47 bits per heavy atom. The van der Waals surface area contributed by atoms with E-state index in [1.807, 2.05) is 22.6 Å². The van der Waals surface area contributed by atoms with Crippen molar-refractivity contribution in [3.63, 3.8) is 0 Å². The van der Waals surface area contributed by atoms with E-state index in [0.717, 1.165) is 18.5 Å². The Labute approximate surface area is 124 Å². The van der Waals surface area contributed by atoms with Crippen LogP contribution < -0.4 is 5.32 Å². The largest absolute Gasteiger partial charge is 0.394 e. The number of nitrogens with one attached hydrogen (secondary N) is 1. The molecular formula is C12H15IN2O4. The second-order valence-corrected chi connectivity index (χ2v) is 5.76. The van der Waals surface area contributed by atoms with Crippen molar-refractivity contribution in [2.24, 2.45) is 0 Å². The molecule has 1 aromatic carbocycles. The van der Waals surface area contributed by atoms with Gasteiger partial charge in [-0.05, 0) is 47.6 Å². The summed E-state index contributed by atoms with van der Waals surface area (Å²) >= 11 is 1.94. The fraction of sp³-hybridized carbons (Fsp3) is 0.500. The van der Waals surface area contributed by atoms with Crippen molar-refractivity contribution in [2.75, 3.05) is 25.1 Å². The van der Waals surface area contributed by atoms with E-state index in [4.69, 9.17) is 4.74 Å². The predicted octanol–water partition coefficient (Wildman–Crippen LogP) is 2.15. The Morgan fingerprint density at radius 2 is 2.16 bits per heavy atom. The third kappa shape index (κ3) is 3.34. The van der Waals surface area contributed by atoms with Crippen LogP contribution in [0.5, 0.6) is 0 Å². The SMILES string of the molecule is O=[N+]([O-])c1ccc(NC2(CO)CCOCC2)cc1I. The Morgan fingerprint density at radius 3 is 2.68 bits per heavy atom. The van der Waals surface area contributed by atoms with E-state index >= 15 is 0 Å². The van der Waals surface area contributed by atoms with Crippen molar-refractivity contribution in [2.45, 2.75) is 18.4 Å². The number of anilines is 1. The van der Waals surface area contributed by atoms with Crippen LogP contribution >= 0.6 is 22.6 Å². The second-order valence-electron chi connectivity index (χ2n) is 4.60. The molecule has 0 amide bonds. The molecule has 1 aliphatic rings. The van der Waals surface area contributed by atoms with Crippen LogP contribution in [0.1, 0.15) is 12.8 Å². The van der Waals surface area contributed by atoms with Gasteiger partial charge < -0.3 is 15.2 Å². The first-order valence-corrected chi connectivity index (χ1v) is 7.05. The number of rotatable bonds is 4. The molecule has 1 fully saturated rings. The summed E-state index contributed by atoms with van der Waals surface area (Å²) in [5.74, 6) is 0. The monoisotopic (exact) mass is 378 g/mol. The molecular weight excluding hydrogens is 363 g/mol. The van der Waals surface area contributed by atoms with Gasteiger partial charge in [0, 0.05) is 25.0 Å². The molecule has 0 atom stereocenters. The van der Waals surface area contributed by atoms with Crippen molar-refractivity contribution in [1.29, 1.82) is 0 Å². The third-order valence-corrected chi connectivity index (χ3v) is 4.17. The Hall–Kier alpha value is -0.930. The standard InChI is InChI=1S/C12H15IN2O4/c13-10-7-9(1-2-11(10)15(17)18)14-12(8-16)3-5-19-6-4-12/h1-2,7,14,16H,3-6,8H2. The fourth-order valence-electron chi connectivity index (χ4n) is 2.12. The van der Waals surface area contributed by atoms with Crippen molar-refractivity contribution < 1.29 is 14.8 Å². The molecule has 0 bridgehead atoms. The normalized spacial score (nSPS) is 18.0. The van der Waals surface area contributed by atoms with Crippen LogP contribution in [0.2, 0.25) is 0 Å². The molecule has 1 aromatic rings. The van der Waals surface area contributed by atoms with Crippen LogP contribution in [-0.2, 0) is 4.74 Å². The molecule has 2 N–H and O–H groups in total. The zero-order valence-corrected chi connectivity index (χ0v) is 12.4. The topological polar surface area (TPSA) is 84.6 Å². The summed E-state index contributed by atoms with van der Waals surface area (Å²) in [7, 11) is 0. The van der Waals surface area contributed by atoms with E-state index in [9.17, 15) is 15.2 Å². The van der Waals surface area contributed by atoms with Crippen LogP contribution in [0.4, 0.5) is 11.4 Å². The lowest BCUT2D eigenvalue weighted by Crippen LogP contribution is -2.46. The number of halogens is 1. The number of aliphatic hydroxyl groups is 1. The Balaban J connectivity index is 2.18. The van der Waals surface area contributed by atoms with E-state index < -0.39 is 10.5 Å². The zero-order valence-electron chi connectivity index (χ0n) is 10.3. The molecule has 0 saturated carbocycles. The number of ether oxygens (including phenoxy) is 1. The maximum absolute atomic E-state index is 10.8. The van der Waals surface area contributed by atoms with Crippen LogP contribution in [0.25, 0.3) is 0 Å². The summed E-state index contributed by atoms with van der Waals surface area (Å²) in [5, 5.41) is 23.6. The highest BCUT2D eigenvalue weighted by Crippen LogP contribution is 2.29. The summed E-state index contributed by atoms with van der Waals surface area (Å²) < 4.78 is 5.87. The van der Waals surface area contributed by atoms with Crippen molar-refractivity contribution >= 4 is 34.0 Å². The molecule has 2 rings (SSSR count). The van der Waals surface area contributed by atoms with Crippen LogP contribution in [-0.4, -0.2) is 35.4 Å². The molecule has 104 valence electrons. The first-order valence-electron chi connectivity index (χ1n) is 5.97. The number of benzene rings is 1. The highest BCUT2D eigenvalue weighted by molar-refractivity contribution is 14.1. The van der Waals surface area contributed by atoms with Gasteiger partial charge in [0.15, 0.2) is 0 Å². The minimum Gasteiger partial charge on any atom is -0.394 e. The lowest BCUT2D eigenvalue weighted by atomic mass is 9.90. The van der Waals surface area contributed by atoms with Gasteiger partial charge in [0.2, 0.25) is 0 Å². The van der Waals surface area contributed by atoms with E-state index in [1.54, 1.807) is 12.1 Å². The van der Waals surface area contributed by atoms with Gasteiger partial charge in [0.05, 0.1) is 20.6 Å². The summed E-state index contributed by atoms with van der Waals surface area (Å²) in [5.41, 5.74) is 0.486. The molecule has 0 radical (unpaired) electrons. The zero-order chi connectivity index (χ0) is 13.9. The van der Waals surface area contributed by atoms with Crippen molar-refractivity contribution in [1.82, 2.24) is 0 Å².